The van der Waals surface area contributed by atoms with E-state index >= 15 is 0 Å². The number of unbranched alkanes of at least 4 members (excludes halogenated alkanes) is 1. The van der Waals surface area contributed by atoms with Gasteiger partial charge in [0.15, 0.2) is 0 Å². The van der Waals surface area contributed by atoms with Gasteiger partial charge in [-0.05, 0) is 12.3 Å². The standard InChI is InChI=1S/C11H22N2O3/c1-5-6-7-12-10(14)9(8(2)3)13-11(15)16-4/h8-9H,5-7H2,1-4H3,(H,12,14)(H,13,15)/t9-/m0/s1. The lowest BCUT2D eigenvalue weighted by atomic mass is 10.0. The van der Waals surface area contributed by atoms with E-state index in [9.17, 15) is 9.59 Å². The minimum Gasteiger partial charge on any atom is -0.453 e. The second-order valence-corrected chi connectivity index (χ2v) is 4.00. The average Bonchev–Trinajstić information content (AvgIpc) is 2.25. The topological polar surface area (TPSA) is 67.4 Å². The summed E-state index contributed by atoms with van der Waals surface area (Å²) < 4.78 is 4.48. The maximum atomic E-state index is 11.7. The zero-order chi connectivity index (χ0) is 12.6. The molecule has 16 heavy (non-hydrogen) atoms. The Bertz CT molecular complexity index is 229. The average molecular weight is 230 g/mol. The summed E-state index contributed by atoms with van der Waals surface area (Å²) in [5.41, 5.74) is 0. The van der Waals surface area contributed by atoms with Crippen molar-refractivity contribution in [2.24, 2.45) is 5.92 Å². The van der Waals surface area contributed by atoms with Crippen molar-refractivity contribution in [2.75, 3.05) is 13.7 Å². The first kappa shape index (κ1) is 14.7. The van der Waals surface area contributed by atoms with Crippen LogP contribution in [0.5, 0.6) is 0 Å². The predicted octanol–water partition coefficient (Wildman–Crippen LogP) is 1.28. The Kier molecular flexibility index (Phi) is 7.33. The fourth-order valence-corrected chi connectivity index (χ4v) is 1.22. The van der Waals surface area contributed by atoms with Crippen molar-refractivity contribution in [3.8, 4) is 0 Å². The highest BCUT2D eigenvalue weighted by molar-refractivity contribution is 5.85. The number of hydrogen-bond donors (Lipinski definition) is 2. The molecular weight excluding hydrogens is 208 g/mol. The number of methoxy groups -OCH3 is 1. The Morgan fingerprint density at radius 1 is 1.31 bits per heavy atom. The Balaban J connectivity index is 4.19. The van der Waals surface area contributed by atoms with E-state index in [-0.39, 0.29) is 11.8 Å². The predicted molar refractivity (Wildman–Crippen MR) is 62.1 cm³/mol. The first-order chi connectivity index (χ1) is 7.52. The molecule has 0 aliphatic heterocycles. The molecule has 0 heterocycles. The monoisotopic (exact) mass is 230 g/mol. The van der Waals surface area contributed by atoms with Gasteiger partial charge in [-0.25, -0.2) is 4.79 Å². The number of rotatable bonds is 6. The molecule has 5 nitrogen and oxygen atoms in total. The fraction of sp³-hybridized carbons (Fsp3) is 0.818. The molecule has 2 N–H and O–H groups in total. The summed E-state index contributed by atoms with van der Waals surface area (Å²) in [6.07, 6.45) is 1.38. The van der Waals surface area contributed by atoms with Crippen LogP contribution >= 0.6 is 0 Å². The van der Waals surface area contributed by atoms with Gasteiger partial charge < -0.3 is 15.4 Å². The van der Waals surface area contributed by atoms with E-state index in [1.807, 2.05) is 13.8 Å². The van der Waals surface area contributed by atoms with Crippen LogP contribution in [0.4, 0.5) is 4.79 Å². The van der Waals surface area contributed by atoms with Gasteiger partial charge in [-0.2, -0.15) is 0 Å². The largest absolute Gasteiger partial charge is 0.453 e. The number of carbonyl (C=O) groups is 2. The van der Waals surface area contributed by atoms with Crippen molar-refractivity contribution >= 4 is 12.0 Å². The molecule has 1 atom stereocenters. The SMILES string of the molecule is CCCCNC(=O)[C@@H](NC(=O)OC)C(C)C. The molecule has 0 fully saturated rings. The van der Waals surface area contributed by atoms with Crippen molar-refractivity contribution in [3.05, 3.63) is 0 Å². The highest BCUT2D eigenvalue weighted by atomic mass is 16.5. The number of alkyl carbamates (subject to hydrolysis) is 1. The van der Waals surface area contributed by atoms with E-state index in [0.29, 0.717) is 6.54 Å². The molecule has 0 aromatic heterocycles. The van der Waals surface area contributed by atoms with Gasteiger partial charge in [-0.15, -0.1) is 0 Å². The molecule has 0 saturated carbocycles. The second-order valence-electron chi connectivity index (χ2n) is 4.00. The van der Waals surface area contributed by atoms with Gasteiger partial charge in [-0.1, -0.05) is 27.2 Å². The highest BCUT2D eigenvalue weighted by Gasteiger charge is 2.23. The molecule has 0 aromatic rings. The van der Waals surface area contributed by atoms with Crippen LogP contribution in [0.1, 0.15) is 33.6 Å². The van der Waals surface area contributed by atoms with Crippen molar-refractivity contribution < 1.29 is 14.3 Å². The lowest BCUT2D eigenvalue weighted by Crippen LogP contribution is -2.49. The van der Waals surface area contributed by atoms with E-state index < -0.39 is 12.1 Å². The van der Waals surface area contributed by atoms with E-state index in [2.05, 4.69) is 22.3 Å². The maximum absolute atomic E-state index is 11.7. The van der Waals surface area contributed by atoms with Crippen LogP contribution in [0.15, 0.2) is 0 Å². The summed E-state index contributed by atoms with van der Waals surface area (Å²) >= 11 is 0. The molecule has 0 saturated heterocycles. The summed E-state index contributed by atoms with van der Waals surface area (Å²) in [6, 6.07) is -0.538. The Hall–Kier alpha value is -1.26. The third-order valence-electron chi connectivity index (χ3n) is 2.24. The molecule has 0 aromatic carbocycles. The van der Waals surface area contributed by atoms with Gasteiger partial charge in [0.2, 0.25) is 5.91 Å². The van der Waals surface area contributed by atoms with Crippen LogP contribution in [0.3, 0.4) is 0 Å². The minimum absolute atomic E-state index is 0.0285. The van der Waals surface area contributed by atoms with E-state index in [4.69, 9.17) is 0 Å². The lowest BCUT2D eigenvalue weighted by molar-refractivity contribution is -0.124. The third kappa shape index (κ3) is 5.58. The zero-order valence-electron chi connectivity index (χ0n) is 10.5. The fourth-order valence-electron chi connectivity index (χ4n) is 1.22. The summed E-state index contributed by atoms with van der Waals surface area (Å²) in [5, 5.41) is 5.30. The molecule has 94 valence electrons. The molecule has 5 heteroatoms. The molecule has 0 bridgehead atoms. The normalized spacial score (nSPS) is 12.1. The van der Waals surface area contributed by atoms with Crippen LogP contribution in [0, 0.1) is 5.92 Å². The number of hydrogen-bond acceptors (Lipinski definition) is 3. The number of nitrogens with one attached hydrogen (secondary N) is 2. The molecule has 0 rings (SSSR count). The number of amides is 2. The Morgan fingerprint density at radius 3 is 2.38 bits per heavy atom. The summed E-state index contributed by atoms with van der Waals surface area (Å²) in [6.45, 7) is 6.44. The molecule has 2 amide bonds. The van der Waals surface area contributed by atoms with Gasteiger partial charge in [0.05, 0.1) is 7.11 Å². The van der Waals surface area contributed by atoms with Crippen LogP contribution in [0.2, 0.25) is 0 Å². The van der Waals surface area contributed by atoms with Crippen LogP contribution in [-0.2, 0) is 9.53 Å². The van der Waals surface area contributed by atoms with Gasteiger partial charge in [0, 0.05) is 6.54 Å². The molecule has 0 radical (unpaired) electrons. The van der Waals surface area contributed by atoms with Gasteiger partial charge in [0.1, 0.15) is 6.04 Å². The van der Waals surface area contributed by atoms with Gasteiger partial charge in [0.25, 0.3) is 0 Å². The highest BCUT2D eigenvalue weighted by Crippen LogP contribution is 2.02. The quantitative estimate of drug-likeness (QED) is 0.675. The van der Waals surface area contributed by atoms with Gasteiger partial charge in [-0.3, -0.25) is 4.79 Å². The second kappa shape index (κ2) is 7.96. The summed E-state index contributed by atoms with van der Waals surface area (Å²) in [4.78, 5) is 22.8. The van der Waals surface area contributed by atoms with Crippen molar-refractivity contribution in [1.82, 2.24) is 10.6 Å². The Morgan fingerprint density at radius 2 is 1.94 bits per heavy atom. The molecule has 0 aliphatic carbocycles. The van der Waals surface area contributed by atoms with Gasteiger partial charge >= 0.3 is 6.09 Å². The van der Waals surface area contributed by atoms with E-state index in [0.717, 1.165) is 12.8 Å². The van der Waals surface area contributed by atoms with Crippen LogP contribution in [0.25, 0.3) is 0 Å². The molecule has 0 spiro atoms. The minimum atomic E-state index is -0.579. The summed E-state index contributed by atoms with van der Waals surface area (Å²) in [7, 11) is 1.28. The first-order valence-corrected chi connectivity index (χ1v) is 5.65. The third-order valence-corrected chi connectivity index (χ3v) is 2.24. The lowest BCUT2D eigenvalue weighted by Gasteiger charge is -2.20. The van der Waals surface area contributed by atoms with E-state index in [1.54, 1.807) is 0 Å². The number of carbonyl (C=O) groups excluding carboxylic acids is 2. The van der Waals surface area contributed by atoms with Crippen molar-refractivity contribution in [2.45, 2.75) is 39.7 Å². The van der Waals surface area contributed by atoms with Crippen LogP contribution < -0.4 is 10.6 Å². The van der Waals surface area contributed by atoms with Crippen molar-refractivity contribution in [1.29, 1.82) is 0 Å². The van der Waals surface area contributed by atoms with Crippen molar-refractivity contribution in [3.63, 3.8) is 0 Å². The Labute approximate surface area is 96.9 Å². The zero-order valence-corrected chi connectivity index (χ0v) is 10.5. The smallest absolute Gasteiger partial charge is 0.407 e. The summed E-state index contributed by atoms with van der Waals surface area (Å²) in [5.74, 6) is -0.130. The number of ether oxygens (including phenoxy) is 1. The molecular formula is C11H22N2O3. The van der Waals surface area contributed by atoms with E-state index in [1.165, 1.54) is 7.11 Å². The van der Waals surface area contributed by atoms with Crippen LogP contribution in [-0.4, -0.2) is 31.7 Å². The molecule has 0 aliphatic rings. The molecule has 0 unspecified atom stereocenters. The maximum Gasteiger partial charge on any atom is 0.407 e. The first-order valence-electron chi connectivity index (χ1n) is 5.65.